The first-order valence-electron chi connectivity index (χ1n) is 6.97. The molecule has 0 fully saturated rings. The number of aliphatic hydroxyl groups is 1. The number of nitrogens with one attached hydrogen (secondary N) is 1. The van der Waals surface area contributed by atoms with Crippen molar-refractivity contribution in [3.8, 4) is 0 Å². The molecule has 0 aliphatic carbocycles. The van der Waals surface area contributed by atoms with Gasteiger partial charge in [0.25, 0.3) is 0 Å². The normalized spacial score (nSPS) is 14.2. The minimum Gasteiger partial charge on any atom is -0.391 e. The molecule has 0 saturated heterocycles. The van der Waals surface area contributed by atoms with E-state index in [1.165, 1.54) is 0 Å². The zero-order chi connectivity index (χ0) is 14.3. The lowest BCUT2D eigenvalue weighted by Crippen LogP contribution is -2.34. The SMILES string of the molecule is CC(C)C(C)CC(=O)NCC(O)Cc1ccccc1. The predicted molar refractivity (Wildman–Crippen MR) is 77.8 cm³/mol. The summed E-state index contributed by atoms with van der Waals surface area (Å²) in [6.45, 7) is 6.62. The van der Waals surface area contributed by atoms with Crippen LogP contribution in [0.2, 0.25) is 0 Å². The van der Waals surface area contributed by atoms with Gasteiger partial charge in [0.05, 0.1) is 6.10 Å². The highest BCUT2D eigenvalue weighted by Crippen LogP contribution is 2.13. The number of carbonyl (C=O) groups excluding carboxylic acids is 1. The van der Waals surface area contributed by atoms with Crippen molar-refractivity contribution in [3.63, 3.8) is 0 Å². The van der Waals surface area contributed by atoms with Crippen LogP contribution in [0.3, 0.4) is 0 Å². The number of aliphatic hydroxyl groups excluding tert-OH is 1. The van der Waals surface area contributed by atoms with Crippen LogP contribution in [-0.2, 0) is 11.2 Å². The summed E-state index contributed by atoms with van der Waals surface area (Å²) in [4.78, 5) is 11.7. The van der Waals surface area contributed by atoms with Crippen molar-refractivity contribution in [2.45, 2.75) is 39.7 Å². The van der Waals surface area contributed by atoms with Crippen LogP contribution in [0, 0.1) is 11.8 Å². The van der Waals surface area contributed by atoms with Crippen molar-refractivity contribution >= 4 is 5.91 Å². The van der Waals surface area contributed by atoms with Crippen molar-refractivity contribution < 1.29 is 9.90 Å². The fourth-order valence-corrected chi connectivity index (χ4v) is 1.79. The number of carbonyl (C=O) groups is 1. The largest absolute Gasteiger partial charge is 0.391 e. The Morgan fingerprint density at radius 1 is 1.21 bits per heavy atom. The molecule has 2 N–H and O–H groups in total. The Morgan fingerprint density at radius 2 is 1.84 bits per heavy atom. The lowest BCUT2D eigenvalue weighted by Gasteiger charge is -2.16. The third kappa shape index (κ3) is 6.39. The van der Waals surface area contributed by atoms with Crippen molar-refractivity contribution in [1.29, 1.82) is 0 Å². The number of amides is 1. The molecule has 0 radical (unpaired) electrons. The van der Waals surface area contributed by atoms with Crippen LogP contribution in [0.5, 0.6) is 0 Å². The first kappa shape index (κ1) is 15.7. The highest BCUT2D eigenvalue weighted by Gasteiger charge is 2.13. The van der Waals surface area contributed by atoms with Gasteiger partial charge in [-0.1, -0.05) is 51.1 Å². The minimum absolute atomic E-state index is 0.0216. The van der Waals surface area contributed by atoms with E-state index in [9.17, 15) is 9.90 Å². The van der Waals surface area contributed by atoms with Crippen LogP contribution in [0.15, 0.2) is 30.3 Å². The molecule has 0 saturated carbocycles. The smallest absolute Gasteiger partial charge is 0.220 e. The van der Waals surface area contributed by atoms with Gasteiger partial charge in [-0.2, -0.15) is 0 Å². The standard InChI is InChI=1S/C16H25NO2/c1-12(2)13(3)9-16(19)17-11-15(18)10-14-7-5-4-6-8-14/h4-8,12-13,15,18H,9-11H2,1-3H3,(H,17,19). The summed E-state index contributed by atoms with van der Waals surface area (Å²) in [6.07, 6.45) is 0.567. The lowest BCUT2D eigenvalue weighted by molar-refractivity contribution is -0.122. The van der Waals surface area contributed by atoms with Gasteiger partial charge in [0.2, 0.25) is 5.91 Å². The van der Waals surface area contributed by atoms with Gasteiger partial charge in [-0.25, -0.2) is 0 Å². The van der Waals surface area contributed by atoms with Gasteiger partial charge < -0.3 is 10.4 Å². The topological polar surface area (TPSA) is 49.3 Å². The maximum absolute atomic E-state index is 11.7. The van der Waals surface area contributed by atoms with E-state index in [1.54, 1.807) is 0 Å². The first-order chi connectivity index (χ1) is 8.99. The van der Waals surface area contributed by atoms with E-state index >= 15 is 0 Å². The molecule has 0 bridgehead atoms. The summed E-state index contributed by atoms with van der Waals surface area (Å²) in [5.74, 6) is 0.888. The van der Waals surface area contributed by atoms with Crippen LogP contribution in [-0.4, -0.2) is 23.7 Å². The Bertz CT molecular complexity index is 376. The summed E-state index contributed by atoms with van der Waals surface area (Å²) >= 11 is 0. The summed E-state index contributed by atoms with van der Waals surface area (Å²) < 4.78 is 0. The molecular formula is C16H25NO2. The van der Waals surface area contributed by atoms with Crippen molar-refractivity contribution in [1.82, 2.24) is 5.32 Å². The van der Waals surface area contributed by atoms with E-state index in [-0.39, 0.29) is 5.91 Å². The quantitative estimate of drug-likeness (QED) is 0.793. The van der Waals surface area contributed by atoms with Crippen LogP contribution >= 0.6 is 0 Å². The van der Waals surface area contributed by atoms with Crippen LogP contribution in [0.1, 0.15) is 32.8 Å². The monoisotopic (exact) mass is 263 g/mol. The molecule has 3 heteroatoms. The molecule has 1 aromatic carbocycles. The van der Waals surface area contributed by atoms with Gasteiger partial charge in [0, 0.05) is 19.4 Å². The Morgan fingerprint density at radius 3 is 2.42 bits per heavy atom. The second-order valence-electron chi connectivity index (χ2n) is 5.57. The molecule has 2 atom stereocenters. The van der Waals surface area contributed by atoms with E-state index in [4.69, 9.17) is 0 Å². The highest BCUT2D eigenvalue weighted by molar-refractivity contribution is 5.76. The van der Waals surface area contributed by atoms with E-state index in [0.29, 0.717) is 31.2 Å². The molecule has 19 heavy (non-hydrogen) atoms. The van der Waals surface area contributed by atoms with Gasteiger partial charge >= 0.3 is 0 Å². The number of hydrogen-bond donors (Lipinski definition) is 2. The fraction of sp³-hybridized carbons (Fsp3) is 0.562. The van der Waals surface area contributed by atoms with Crippen molar-refractivity contribution in [2.24, 2.45) is 11.8 Å². The van der Waals surface area contributed by atoms with Crippen LogP contribution in [0.25, 0.3) is 0 Å². The molecule has 2 unspecified atom stereocenters. The van der Waals surface area contributed by atoms with E-state index < -0.39 is 6.10 Å². The molecule has 0 aromatic heterocycles. The zero-order valence-corrected chi connectivity index (χ0v) is 12.1. The molecular weight excluding hydrogens is 238 g/mol. The third-order valence-corrected chi connectivity index (χ3v) is 3.49. The maximum atomic E-state index is 11.7. The molecule has 3 nitrogen and oxygen atoms in total. The summed E-state index contributed by atoms with van der Waals surface area (Å²) in [5, 5.41) is 12.7. The second kappa shape index (κ2) is 7.95. The summed E-state index contributed by atoms with van der Waals surface area (Å²) in [7, 11) is 0. The van der Waals surface area contributed by atoms with E-state index in [2.05, 4.69) is 26.1 Å². The van der Waals surface area contributed by atoms with Gasteiger partial charge in [0.1, 0.15) is 0 Å². The van der Waals surface area contributed by atoms with Gasteiger partial charge in [-0.15, -0.1) is 0 Å². The second-order valence-corrected chi connectivity index (χ2v) is 5.57. The number of hydrogen-bond acceptors (Lipinski definition) is 2. The Balaban J connectivity index is 2.26. The average Bonchev–Trinajstić information content (AvgIpc) is 2.37. The summed E-state index contributed by atoms with van der Waals surface area (Å²) in [6, 6.07) is 9.80. The molecule has 106 valence electrons. The Labute approximate surface area is 116 Å². The third-order valence-electron chi connectivity index (χ3n) is 3.49. The first-order valence-corrected chi connectivity index (χ1v) is 6.97. The minimum atomic E-state index is -0.527. The Hall–Kier alpha value is -1.35. The molecule has 0 spiro atoms. The van der Waals surface area contributed by atoms with Crippen LogP contribution in [0.4, 0.5) is 0 Å². The number of rotatable bonds is 7. The molecule has 0 heterocycles. The van der Waals surface area contributed by atoms with E-state index in [0.717, 1.165) is 5.56 Å². The zero-order valence-electron chi connectivity index (χ0n) is 12.1. The molecule has 1 rings (SSSR count). The van der Waals surface area contributed by atoms with Gasteiger partial charge in [-0.3, -0.25) is 4.79 Å². The predicted octanol–water partition coefficient (Wildman–Crippen LogP) is 2.39. The molecule has 0 aliphatic heterocycles. The lowest BCUT2D eigenvalue weighted by atomic mass is 9.94. The molecule has 0 aliphatic rings. The number of benzene rings is 1. The molecule has 1 aromatic rings. The van der Waals surface area contributed by atoms with Crippen molar-refractivity contribution in [3.05, 3.63) is 35.9 Å². The van der Waals surface area contributed by atoms with E-state index in [1.807, 2.05) is 30.3 Å². The highest BCUT2D eigenvalue weighted by atomic mass is 16.3. The van der Waals surface area contributed by atoms with Gasteiger partial charge in [-0.05, 0) is 17.4 Å². The van der Waals surface area contributed by atoms with Crippen molar-refractivity contribution in [2.75, 3.05) is 6.54 Å². The van der Waals surface area contributed by atoms with Gasteiger partial charge in [0.15, 0.2) is 0 Å². The Kier molecular flexibility index (Phi) is 6.57. The summed E-state index contributed by atoms with van der Waals surface area (Å²) in [5.41, 5.74) is 1.08. The molecule has 1 amide bonds. The van der Waals surface area contributed by atoms with Crippen LogP contribution < -0.4 is 5.32 Å². The maximum Gasteiger partial charge on any atom is 0.220 e. The average molecular weight is 263 g/mol. The fourth-order valence-electron chi connectivity index (χ4n) is 1.79.